The van der Waals surface area contributed by atoms with Gasteiger partial charge in [-0.2, -0.15) is 0 Å². The van der Waals surface area contributed by atoms with E-state index in [1.807, 2.05) is 29.2 Å². The van der Waals surface area contributed by atoms with Crippen LogP contribution in [0.2, 0.25) is 5.02 Å². The van der Waals surface area contributed by atoms with E-state index in [1.54, 1.807) is 0 Å². The van der Waals surface area contributed by atoms with Crippen LogP contribution in [0.15, 0.2) is 24.3 Å². The molecular weight excluding hydrogens is 250 g/mol. The predicted molar refractivity (Wildman–Crippen MR) is 72.0 cm³/mol. The minimum atomic E-state index is 0.285. The summed E-state index contributed by atoms with van der Waals surface area (Å²) in [6, 6.07) is 7.33. The molecule has 0 bridgehead atoms. The maximum Gasteiger partial charge on any atom is 0.222 e. The molecule has 1 aromatic rings. The van der Waals surface area contributed by atoms with Gasteiger partial charge >= 0.3 is 0 Å². The largest absolute Gasteiger partial charge is 0.494 e. The second-order valence-corrected chi connectivity index (χ2v) is 4.93. The molecule has 1 aromatic carbocycles. The molecule has 98 valence electrons. The Morgan fingerprint density at radius 2 is 2.00 bits per heavy atom. The summed E-state index contributed by atoms with van der Waals surface area (Å²) < 4.78 is 5.59. The van der Waals surface area contributed by atoms with E-state index >= 15 is 0 Å². The highest BCUT2D eigenvalue weighted by Gasteiger charge is 2.16. The van der Waals surface area contributed by atoms with Crippen molar-refractivity contribution in [3.63, 3.8) is 0 Å². The number of hydrogen-bond acceptors (Lipinski definition) is 2. The van der Waals surface area contributed by atoms with Gasteiger partial charge in [0, 0.05) is 24.5 Å². The fourth-order valence-corrected chi connectivity index (χ4v) is 2.20. The van der Waals surface area contributed by atoms with Crippen molar-refractivity contribution in [1.29, 1.82) is 0 Å². The van der Waals surface area contributed by atoms with Gasteiger partial charge in [-0.25, -0.2) is 0 Å². The van der Waals surface area contributed by atoms with Crippen molar-refractivity contribution >= 4 is 17.5 Å². The number of nitrogens with zero attached hydrogens (tertiary/aromatic N) is 1. The highest BCUT2D eigenvalue weighted by Crippen LogP contribution is 2.16. The Bertz CT molecular complexity index is 391. The van der Waals surface area contributed by atoms with E-state index in [-0.39, 0.29) is 5.91 Å². The summed E-state index contributed by atoms with van der Waals surface area (Å²) in [5.41, 5.74) is 0. The molecular formula is C14H18ClNO2. The molecule has 4 heteroatoms. The highest BCUT2D eigenvalue weighted by atomic mass is 35.5. The Labute approximate surface area is 113 Å². The molecule has 0 spiro atoms. The molecule has 1 saturated heterocycles. The molecule has 1 amide bonds. The fraction of sp³-hybridized carbons (Fsp3) is 0.500. The lowest BCUT2D eigenvalue weighted by Gasteiger charge is -2.26. The molecule has 0 saturated carbocycles. The van der Waals surface area contributed by atoms with Crippen LogP contribution in [0.1, 0.15) is 25.7 Å². The number of hydrogen-bond donors (Lipinski definition) is 0. The average Bonchev–Trinajstić information content (AvgIpc) is 2.39. The SMILES string of the molecule is O=C1CCCCN1CCCOc1ccc(Cl)cc1. The van der Waals surface area contributed by atoms with E-state index < -0.39 is 0 Å². The molecule has 1 aliphatic heterocycles. The number of halogens is 1. The molecule has 0 radical (unpaired) electrons. The van der Waals surface area contributed by atoms with E-state index in [4.69, 9.17) is 16.3 Å². The zero-order valence-electron chi connectivity index (χ0n) is 10.4. The average molecular weight is 268 g/mol. The van der Waals surface area contributed by atoms with Gasteiger partial charge in [0.2, 0.25) is 5.91 Å². The molecule has 1 aliphatic rings. The lowest BCUT2D eigenvalue weighted by Crippen LogP contribution is -2.36. The van der Waals surface area contributed by atoms with Crippen LogP contribution in [0.5, 0.6) is 5.75 Å². The molecule has 3 nitrogen and oxygen atoms in total. The summed E-state index contributed by atoms with van der Waals surface area (Å²) >= 11 is 5.79. The van der Waals surface area contributed by atoms with Crippen molar-refractivity contribution in [2.24, 2.45) is 0 Å². The van der Waals surface area contributed by atoms with Crippen LogP contribution in [0.25, 0.3) is 0 Å². The van der Waals surface area contributed by atoms with Gasteiger partial charge in [-0.15, -0.1) is 0 Å². The maximum absolute atomic E-state index is 11.6. The fourth-order valence-electron chi connectivity index (χ4n) is 2.07. The van der Waals surface area contributed by atoms with Crippen LogP contribution in [0.3, 0.4) is 0 Å². The molecule has 1 fully saturated rings. The van der Waals surface area contributed by atoms with E-state index in [1.165, 1.54) is 0 Å². The number of piperidine rings is 1. The summed E-state index contributed by atoms with van der Waals surface area (Å²) in [4.78, 5) is 13.5. The van der Waals surface area contributed by atoms with Crippen molar-refractivity contribution in [3.8, 4) is 5.75 Å². The van der Waals surface area contributed by atoms with Gasteiger partial charge in [0.1, 0.15) is 5.75 Å². The Balaban J connectivity index is 1.66. The van der Waals surface area contributed by atoms with Crippen LogP contribution in [0.4, 0.5) is 0 Å². The first-order valence-electron chi connectivity index (χ1n) is 6.42. The summed E-state index contributed by atoms with van der Waals surface area (Å²) in [6.07, 6.45) is 3.74. The number of likely N-dealkylation sites (tertiary alicyclic amines) is 1. The molecule has 1 heterocycles. The minimum absolute atomic E-state index is 0.285. The lowest BCUT2D eigenvalue weighted by molar-refractivity contribution is -0.133. The van der Waals surface area contributed by atoms with Gasteiger partial charge in [0.15, 0.2) is 0 Å². The maximum atomic E-state index is 11.6. The first-order chi connectivity index (χ1) is 8.75. The Hall–Kier alpha value is -1.22. The Kier molecular flexibility index (Phi) is 4.88. The van der Waals surface area contributed by atoms with Gasteiger partial charge < -0.3 is 9.64 Å². The smallest absolute Gasteiger partial charge is 0.222 e. The van der Waals surface area contributed by atoms with Crippen LogP contribution < -0.4 is 4.74 Å². The first kappa shape index (κ1) is 13.2. The van der Waals surface area contributed by atoms with Gasteiger partial charge in [0.05, 0.1) is 6.61 Å². The molecule has 0 aromatic heterocycles. The van der Waals surface area contributed by atoms with Crippen molar-refractivity contribution in [2.45, 2.75) is 25.7 Å². The topological polar surface area (TPSA) is 29.5 Å². The highest BCUT2D eigenvalue weighted by molar-refractivity contribution is 6.30. The number of carbonyl (C=O) groups is 1. The summed E-state index contributed by atoms with van der Waals surface area (Å²) in [6.45, 7) is 2.33. The van der Waals surface area contributed by atoms with E-state index in [9.17, 15) is 4.79 Å². The minimum Gasteiger partial charge on any atom is -0.494 e. The zero-order valence-corrected chi connectivity index (χ0v) is 11.2. The summed E-state index contributed by atoms with van der Waals surface area (Å²) in [5, 5.41) is 0.710. The predicted octanol–water partition coefficient (Wildman–Crippen LogP) is 3.12. The van der Waals surface area contributed by atoms with Crippen molar-refractivity contribution in [3.05, 3.63) is 29.3 Å². The molecule has 0 aliphatic carbocycles. The van der Waals surface area contributed by atoms with Crippen molar-refractivity contribution in [2.75, 3.05) is 19.7 Å². The van der Waals surface area contributed by atoms with Crippen LogP contribution >= 0.6 is 11.6 Å². The van der Waals surface area contributed by atoms with Gasteiger partial charge in [-0.05, 0) is 43.5 Å². The standard InChI is InChI=1S/C14H18ClNO2/c15-12-5-7-13(8-6-12)18-11-3-10-16-9-2-1-4-14(16)17/h5-8H,1-4,9-11H2. The number of ether oxygens (including phenoxy) is 1. The first-order valence-corrected chi connectivity index (χ1v) is 6.79. The van der Waals surface area contributed by atoms with Gasteiger partial charge in [-0.1, -0.05) is 11.6 Å². The number of carbonyl (C=O) groups excluding carboxylic acids is 1. The zero-order chi connectivity index (χ0) is 12.8. The Morgan fingerprint density at radius 1 is 1.22 bits per heavy atom. The molecule has 18 heavy (non-hydrogen) atoms. The monoisotopic (exact) mass is 267 g/mol. The molecule has 0 N–H and O–H groups in total. The number of amides is 1. The normalized spacial score (nSPS) is 15.8. The second kappa shape index (κ2) is 6.64. The third kappa shape index (κ3) is 3.91. The molecule has 0 unspecified atom stereocenters. The second-order valence-electron chi connectivity index (χ2n) is 4.49. The van der Waals surface area contributed by atoms with Crippen LogP contribution in [-0.4, -0.2) is 30.5 Å². The molecule has 2 rings (SSSR count). The van der Waals surface area contributed by atoms with Crippen LogP contribution in [-0.2, 0) is 4.79 Å². The number of benzene rings is 1. The third-order valence-electron chi connectivity index (χ3n) is 3.08. The quantitative estimate of drug-likeness (QED) is 0.767. The van der Waals surface area contributed by atoms with Crippen molar-refractivity contribution < 1.29 is 9.53 Å². The molecule has 0 atom stereocenters. The number of rotatable bonds is 5. The van der Waals surface area contributed by atoms with E-state index in [0.717, 1.165) is 38.1 Å². The van der Waals surface area contributed by atoms with Gasteiger partial charge in [0.25, 0.3) is 0 Å². The van der Waals surface area contributed by atoms with Crippen LogP contribution in [0, 0.1) is 0 Å². The van der Waals surface area contributed by atoms with E-state index in [2.05, 4.69) is 0 Å². The van der Waals surface area contributed by atoms with Crippen molar-refractivity contribution in [1.82, 2.24) is 4.90 Å². The lowest BCUT2D eigenvalue weighted by atomic mass is 10.1. The van der Waals surface area contributed by atoms with E-state index in [0.29, 0.717) is 18.1 Å². The summed E-state index contributed by atoms with van der Waals surface area (Å²) in [7, 11) is 0. The Morgan fingerprint density at radius 3 is 2.72 bits per heavy atom. The third-order valence-corrected chi connectivity index (χ3v) is 3.33. The van der Waals surface area contributed by atoms with Gasteiger partial charge in [-0.3, -0.25) is 4.79 Å². The summed E-state index contributed by atoms with van der Waals surface area (Å²) in [5.74, 6) is 1.11.